The Morgan fingerprint density at radius 2 is 1.46 bits per heavy atom. The maximum absolute atomic E-state index is 14.0. The van der Waals surface area contributed by atoms with E-state index in [1.54, 1.807) is 48.5 Å². The first kappa shape index (κ1) is 19.8. The lowest BCUT2D eigenvalue weighted by Gasteiger charge is -2.23. The van der Waals surface area contributed by atoms with Crippen LogP contribution in [0.25, 0.3) is 0 Å². The minimum absolute atomic E-state index is 0.0379. The highest BCUT2D eigenvalue weighted by Gasteiger charge is 2.33. The van der Waals surface area contributed by atoms with Gasteiger partial charge < -0.3 is 9.47 Å². The van der Waals surface area contributed by atoms with Crippen LogP contribution in [0.4, 0.5) is 4.39 Å². The number of ether oxygens (including phenoxy) is 2. The molecule has 0 aliphatic carbocycles. The molecule has 0 amide bonds. The number of carbonyl (C=O) groups excluding carboxylic acids is 3. The molecule has 0 saturated heterocycles. The first-order valence-corrected chi connectivity index (χ1v) is 8.66. The highest BCUT2D eigenvalue weighted by molar-refractivity contribution is 9.09. The lowest BCUT2D eigenvalue weighted by atomic mass is 10.1. The van der Waals surface area contributed by atoms with Gasteiger partial charge in [-0.25, -0.2) is 14.0 Å². The van der Waals surface area contributed by atoms with Crippen LogP contribution < -0.4 is 0 Å². The van der Waals surface area contributed by atoms with E-state index in [-0.39, 0.29) is 18.5 Å². The van der Waals surface area contributed by atoms with Gasteiger partial charge in [-0.05, 0) is 24.3 Å². The quantitative estimate of drug-likeness (QED) is 0.370. The zero-order chi connectivity index (χ0) is 18.9. The fourth-order valence-electron chi connectivity index (χ4n) is 2.09. The van der Waals surface area contributed by atoms with Crippen molar-refractivity contribution in [2.45, 2.75) is 17.1 Å². The van der Waals surface area contributed by atoms with Gasteiger partial charge in [0.05, 0.1) is 16.0 Å². The van der Waals surface area contributed by atoms with E-state index in [1.165, 1.54) is 12.1 Å². The number of esters is 2. The first-order chi connectivity index (χ1) is 12.5. The minimum Gasteiger partial charge on any atom is -0.461 e. The summed E-state index contributed by atoms with van der Waals surface area (Å²) in [6, 6.07) is 16.2. The van der Waals surface area contributed by atoms with Gasteiger partial charge >= 0.3 is 11.9 Å². The van der Waals surface area contributed by atoms with E-state index in [0.29, 0.717) is 5.56 Å². The second-order valence-corrected chi connectivity index (χ2v) is 6.47. The van der Waals surface area contributed by atoms with Crippen LogP contribution in [0.15, 0.2) is 60.7 Å². The zero-order valence-corrected chi connectivity index (χ0v) is 15.2. The Bertz CT molecular complexity index is 738. The predicted octanol–water partition coefficient (Wildman–Crippen LogP) is 3.37. The summed E-state index contributed by atoms with van der Waals surface area (Å²) >= 11 is 3.13. The third kappa shape index (κ3) is 5.49. The average Bonchev–Trinajstić information content (AvgIpc) is 2.70. The van der Waals surface area contributed by atoms with Gasteiger partial charge in [-0.1, -0.05) is 52.3 Å². The van der Waals surface area contributed by atoms with Crippen molar-refractivity contribution in [2.75, 3.05) is 6.61 Å². The Balaban J connectivity index is 2.00. The number of carbonyl (C=O) groups is 3. The van der Waals surface area contributed by atoms with Crippen LogP contribution in [0.3, 0.4) is 0 Å². The molecule has 7 heteroatoms. The van der Waals surface area contributed by atoms with Crippen molar-refractivity contribution < 1.29 is 28.2 Å². The van der Waals surface area contributed by atoms with Crippen LogP contribution >= 0.6 is 15.9 Å². The van der Waals surface area contributed by atoms with Crippen molar-refractivity contribution in [1.29, 1.82) is 0 Å². The molecular formula is C19H16BrFO5. The van der Waals surface area contributed by atoms with Crippen molar-refractivity contribution in [3.63, 3.8) is 0 Å². The Morgan fingerprint density at radius 3 is 1.96 bits per heavy atom. The summed E-state index contributed by atoms with van der Waals surface area (Å²) in [6.45, 7) is -0.283. The van der Waals surface area contributed by atoms with Crippen LogP contribution in [-0.2, 0) is 14.3 Å². The topological polar surface area (TPSA) is 69.7 Å². The number of benzene rings is 2. The molecule has 26 heavy (non-hydrogen) atoms. The van der Waals surface area contributed by atoms with Crippen LogP contribution in [0, 0.1) is 0 Å². The molecule has 0 radical (unpaired) electrons. The highest BCUT2D eigenvalue weighted by atomic mass is 79.9. The summed E-state index contributed by atoms with van der Waals surface area (Å²) in [4.78, 5) is 34.0. The Hall–Kier alpha value is -2.54. The fraction of sp³-hybridized carbons (Fsp3) is 0.211. The van der Waals surface area contributed by atoms with Gasteiger partial charge in [-0.15, -0.1) is 0 Å². The molecule has 0 N–H and O–H groups in total. The SMILES string of the molecule is O=CC(F)C(OC(=O)c1ccccc1)C(Br)COC(=O)c1ccccc1. The van der Waals surface area contributed by atoms with Crippen molar-refractivity contribution in [2.24, 2.45) is 0 Å². The Kier molecular flexibility index (Phi) is 7.47. The molecule has 0 fully saturated rings. The molecule has 0 spiro atoms. The summed E-state index contributed by atoms with van der Waals surface area (Å²) in [5.41, 5.74) is 0.550. The van der Waals surface area contributed by atoms with E-state index < -0.39 is 29.0 Å². The van der Waals surface area contributed by atoms with Crippen LogP contribution in [-0.4, -0.2) is 41.9 Å². The van der Waals surface area contributed by atoms with E-state index >= 15 is 0 Å². The van der Waals surface area contributed by atoms with Gasteiger partial charge in [0.25, 0.3) is 0 Å². The van der Waals surface area contributed by atoms with E-state index in [2.05, 4.69) is 15.9 Å². The van der Waals surface area contributed by atoms with E-state index in [4.69, 9.17) is 9.47 Å². The molecule has 2 rings (SSSR count). The molecule has 2 aromatic carbocycles. The lowest BCUT2D eigenvalue weighted by Crippen LogP contribution is -2.39. The molecule has 2 aromatic rings. The molecule has 136 valence electrons. The zero-order valence-electron chi connectivity index (χ0n) is 13.6. The van der Waals surface area contributed by atoms with Gasteiger partial charge in [0.15, 0.2) is 18.6 Å². The summed E-state index contributed by atoms with van der Waals surface area (Å²) in [5.74, 6) is -1.39. The highest BCUT2D eigenvalue weighted by Crippen LogP contribution is 2.18. The second kappa shape index (κ2) is 9.82. The maximum Gasteiger partial charge on any atom is 0.338 e. The molecular weight excluding hydrogens is 407 g/mol. The Morgan fingerprint density at radius 1 is 0.962 bits per heavy atom. The molecule has 3 unspecified atom stereocenters. The fourth-order valence-corrected chi connectivity index (χ4v) is 2.62. The lowest BCUT2D eigenvalue weighted by molar-refractivity contribution is -0.115. The van der Waals surface area contributed by atoms with Crippen LogP contribution in [0.5, 0.6) is 0 Å². The third-order valence-corrected chi connectivity index (χ3v) is 4.22. The number of hydrogen-bond donors (Lipinski definition) is 0. The van der Waals surface area contributed by atoms with Crippen LogP contribution in [0.2, 0.25) is 0 Å². The van der Waals surface area contributed by atoms with E-state index in [0.717, 1.165) is 0 Å². The summed E-state index contributed by atoms with van der Waals surface area (Å²) < 4.78 is 24.2. The molecule has 3 atom stereocenters. The molecule has 0 heterocycles. The minimum atomic E-state index is -2.07. The largest absolute Gasteiger partial charge is 0.461 e. The molecule has 0 saturated carbocycles. The van der Waals surface area contributed by atoms with Crippen molar-refractivity contribution in [3.8, 4) is 0 Å². The van der Waals surface area contributed by atoms with Crippen LogP contribution in [0.1, 0.15) is 20.7 Å². The van der Waals surface area contributed by atoms with Gasteiger partial charge in [0.1, 0.15) is 6.61 Å². The number of hydrogen-bond acceptors (Lipinski definition) is 5. The smallest absolute Gasteiger partial charge is 0.338 e. The first-order valence-electron chi connectivity index (χ1n) is 7.74. The predicted molar refractivity (Wildman–Crippen MR) is 96.0 cm³/mol. The molecule has 0 aromatic heterocycles. The second-order valence-electron chi connectivity index (χ2n) is 5.30. The number of aldehydes is 1. The van der Waals surface area contributed by atoms with Gasteiger partial charge in [-0.3, -0.25) is 4.79 Å². The summed E-state index contributed by atoms with van der Waals surface area (Å²) in [6.07, 6.45) is -3.47. The Labute approximate surface area is 158 Å². The molecule has 0 aliphatic rings. The molecule has 0 bridgehead atoms. The number of rotatable bonds is 8. The van der Waals surface area contributed by atoms with E-state index in [1.807, 2.05) is 0 Å². The monoisotopic (exact) mass is 422 g/mol. The van der Waals surface area contributed by atoms with Gasteiger partial charge in [-0.2, -0.15) is 0 Å². The molecule has 5 nitrogen and oxygen atoms in total. The normalized spacial score (nSPS) is 13.9. The maximum atomic E-state index is 14.0. The molecule has 0 aliphatic heterocycles. The standard InChI is InChI=1S/C19H16BrFO5/c20-15(12-25-18(23)13-7-3-1-4-8-13)17(16(21)11-22)26-19(24)14-9-5-2-6-10-14/h1-11,15-17H,12H2. The third-order valence-electron chi connectivity index (χ3n) is 3.44. The van der Waals surface area contributed by atoms with Crippen molar-refractivity contribution >= 4 is 34.2 Å². The summed E-state index contributed by atoms with van der Waals surface area (Å²) in [7, 11) is 0. The van der Waals surface area contributed by atoms with Gasteiger partial charge in [0, 0.05) is 0 Å². The van der Waals surface area contributed by atoms with E-state index in [9.17, 15) is 18.8 Å². The van der Waals surface area contributed by atoms with Crippen molar-refractivity contribution in [3.05, 3.63) is 71.8 Å². The van der Waals surface area contributed by atoms with Gasteiger partial charge in [0.2, 0.25) is 0 Å². The average molecular weight is 423 g/mol. The summed E-state index contributed by atoms with van der Waals surface area (Å²) in [5, 5.41) is 0. The number of alkyl halides is 2. The van der Waals surface area contributed by atoms with Crippen molar-refractivity contribution in [1.82, 2.24) is 0 Å². The number of halogens is 2.